The molecule has 1 fully saturated rings. The molecule has 0 aliphatic carbocycles. The highest BCUT2D eigenvalue weighted by atomic mass is 16.5. The Morgan fingerprint density at radius 1 is 1.42 bits per heavy atom. The predicted octanol–water partition coefficient (Wildman–Crippen LogP) is 2.50. The van der Waals surface area contributed by atoms with Crippen LogP contribution in [0.25, 0.3) is 0 Å². The fourth-order valence-corrected chi connectivity index (χ4v) is 3.62. The van der Waals surface area contributed by atoms with Crippen molar-refractivity contribution in [2.75, 3.05) is 27.2 Å². The molecule has 3 nitrogen and oxygen atoms in total. The second kappa shape index (κ2) is 4.80. The summed E-state index contributed by atoms with van der Waals surface area (Å²) in [5, 5.41) is 3.48. The second-order valence-corrected chi connectivity index (χ2v) is 6.21. The van der Waals surface area contributed by atoms with E-state index < -0.39 is 0 Å². The van der Waals surface area contributed by atoms with E-state index in [9.17, 15) is 0 Å². The van der Waals surface area contributed by atoms with Gasteiger partial charge in [-0.3, -0.25) is 0 Å². The SMILES string of the molecule is CNC1CC2(CCCN(C)C2)Oc2ccc(C)cc21. The summed E-state index contributed by atoms with van der Waals surface area (Å²) in [6.45, 7) is 4.38. The highest BCUT2D eigenvalue weighted by Crippen LogP contribution is 2.43. The summed E-state index contributed by atoms with van der Waals surface area (Å²) < 4.78 is 6.44. The van der Waals surface area contributed by atoms with Crippen molar-refractivity contribution in [3.63, 3.8) is 0 Å². The number of nitrogens with one attached hydrogen (secondary N) is 1. The Balaban J connectivity index is 1.95. The molecule has 1 saturated heterocycles. The van der Waals surface area contributed by atoms with E-state index >= 15 is 0 Å². The van der Waals surface area contributed by atoms with E-state index in [4.69, 9.17) is 4.74 Å². The third-order valence-corrected chi connectivity index (χ3v) is 4.52. The largest absolute Gasteiger partial charge is 0.486 e. The summed E-state index contributed by atoms with van der Waals surface area (Å²) in [6, 6.07) is 6.97. The smallest absolute Gasteiger partial charge is 0.125 e. The van der Waals surface area contributed by atoms with Gasteiger partial charge >= 0.3 is 0 Å². The minimum Gasteiger partial charge on any atom is -0.486 e. The number of hydrogen-bond acceptors (Lipinski definition) is 3. The van der Waals surface area contributed by atoms with E-state index in [1.54, 1.807) is 0 Å². The molecule has 0 amide bonds. The Kier molecular flexibility index (Phi) is 3.27. The van der Waals surface area contributed by atoms with Gasteiger partial charge in [0.05, 0.1) is 0 Å². The molecule has 2 atom stereocenters. The van der Waals surface area contributed by atoms with Gasteiger partial charge in [-0.2, -0.15) is 0 Å². The molecule has 3 rings (SSSR count). The second-order valence-electron chi connectivity index (χ2n) is 6.21. The molecule has 2 unspecified atom stereocenters. The molecule has 1 aromatic carbocycles. The number of likely N-dealkylation sites (N-methyl/N-ethyl adjacent to an activating group) is 1. The third-order valence-electron chi connectivity index (χ3n) is 4.52. The molecule has 3 heteroatoms. The molecular weight excluding hydrogens is 236 g/mol. The van der Waals surface area contributed by atoms with Crippen LogP contribution in [0.3, 0.4) is 0 Å². The lowest BCUT2D eigenvalue weighted by Crippen LogP contribution is -2.54. The van der Waals surface area contributed by atoms with Gasteiger partial charge in [0.15, 0.2) is 0 Å². The Morgan fingerprint density at radius 2 is 2.26 bits per heavy atom. The molecule has 0 radical (unpaired) electrons. The summed E-state index contributed by atoms with van der Waals surface area (Å²) in [5.74, 6) is 1.08. The van der Waals surface area contributed by atoms with Gasteiger partial charge in [0, 0.05) is 24.6 Å². The first kappa shape index (κ1) is 12.9. The number of aryl methyl sites for hydroxylation is 1. The van der Waals surface area contributed by atoms with E-state index in [-0.39, 0.29) is 5.60 Å². The van der Waals surface area contributed by atoms with Crippen LogP contribution in [-0.4, -0.2) is 37.7 Å². The first-order valence-electron chi connectivity index (χ1n) is 7.27. The average Bonchev–Trinajstić information content (AvgIpc) is 2.38. The van der Waals surface area contributed by atoms with Crippen LogP contribution in [0.1, 0.15) is 36.4 Å². The van der Waals surface area contributed by atoms with Crippen LogP contribution in [0.15, 0.2) is 18.2 Å². The number of hydrogen-bond donors (Lipinski definition) is 1. The molecule has 2 aliphatic heterocycles. The molecule has 2 aliphatic rings. The monoisotopic (exact) mass is 260 g/mol. The van der Waals surface area contributed by atoms with E-state index in [0.717, 1.165) is 18.7 Å². The Labute approximate surface area is 115 Å². The maximum atomic E-state index is 6.44. The zero-order chi connectivity index (χ0) is 13.5. The Morgan fingerprint density at radius 3 is 3.00 bits per heavy atom. The van der Waals surface area contributed by atoms with Gasteiger partial charge in [-0.1, -0.05) is 17.7 Å². The highest BCUT2D eigenvalue weighted by Gasteiger charge is 2.42. The van der Waals surface area contributed by atoms with Crippen LogP contribution in [0.2, 0.25) is 0 Å². The fourth-order valence-electron chi connectivity index (χ4n) is 3.62. The van der Waals surface area contributed by atoms with Crippen molar-refractivity contribution in [2.45, 2.75) is 37.8 Å². The van der Waals surface area contributed by atoms with Gasteiger partial charge < -0.3 is 15.0 Å². The van der Waals surface area contributed by atoms with Crippen LogP contribution >= 0.6 is 0 Å². The maximum absolute atomic E-state index is 6.44. The lowest BCUT2D eigenvalue weighted by molar-refractivity contribution is -0.0263. The van der Waals surface area contributed by atoms with Crippen molar-refractivity contribution in [1.82, 2.24) is 10.2 Å². The van der Waals surface area contributed by atoms with Crippen molar-refractivity contribution in [3.05, 3.63) is 29.3 Å². The van der Waals surface area contributed by atoms with Crippen molar-refractivity contribution >= 4 is 0 Å². The minimum absolute atomic E-state index is 0.00291. The van der Waals surface area contributed by atoms with Gasteiger partial charge in [0.25, 0.3) is 0 Å². The molecule has 1 N–H and O–H groups in total. The van der Waals surface area contributed by atoms with Crippen LogP contribution in [0, 0.1) is 6.92 Å². The zero-order valence-electron chi connectivity index (χ0n) is 12.2. The quantitative estimate of drug-likeness (QED) is 0.839. The minimum atomic E-state index is 0.00291. The summed E-state index contributed by atoms with van der Waals surface area (Å²) in [4.78, 5) is 2.40. The molecule has 2 heterocycles. The molecule has 0 saturated carbocycles. The number of ether oxygens (including phenoxy) is 1. The summed E-state index contributed by atoms with van der Waals surface area (Å²) in [6.07, 6.45) is 3.47. The van der Waals surface area contributed by atoms with Gasteiger partial charge in [-0.15, -0.1) is 0 Å². The topological polar surface area (TPSA) is 24.5 Å². The van der Waals surface area contributed by atoms with Crippen LogP contribution in [0.4, 0.5) is 0 Å². The Bertz CT molecular complexity index is 474. The van der Waals surface area contributed by atoms with E-state index in [2.05, 4.69) is 49.4 Å². The number of fused-ring (bicyclic) bond motifs is 1. The number of likely N-dealkylation sites (tertiary alicyclic amines) is 1. The van der Waals surface area contributed by atoms with Gasteiger partial charge in [-0.05, 0) is 46.5 Å². The molecule has 0 aromatic heterocycles. The predicted molar refractivity (Wildman–Crippen MR) is 77.7 cm³/mol. The van der Waals surface area contributed by atoms with Crippen molar-refractivity contribution in [3.8, 4) is 5.75 Å². The Hall–Kier alpha value is -1.06. The number of rotatable bonds is 1. The van der Waals surface area contributed by atoms with E-state index in [0.29, 0.717) is 6.04 Å². The van der Waals surface area contributed by atoms with Crippen LogP contribution in [0.5, 0.6) is 5.75 Å². The highest BCUT2D eigenvalue weighted by molar-refractivity contribution is 5.41. The molecule has 19 heavy (non-hydrogen) atoms. The number of benzene rings is 1. The maximum Gasteiger partial charge on any atom is 0.125 e. The summed E-state index contributed by atoms with van der Waals surface area (Å²) >= 11 is 0. The lowest BCUT2D eigenvalue weighted by atomic mass is 9.81. The lowest BCUT2D eigenvalue weighted by Gasteiger charge is -2.47. The van der Waals surface area contributed by atoms with E-state index in [1.165, 1.54) is 30.5 Å². The van der Waals surface area contributed by atoms with Gasteiger partial charge in [-0.25, -0.2) is 0 Å². The van der Waals surface area contributed by atoms with Crippen LogP contribution < -0.4 is 10.1 Å². The van der Waals surface area contributed by atoms with Crippen molar-refractivity contribution in [1.29, 1.82) is 0 Å². The van der Waals surface area contributed by atoms with Crippen molar-refractivity contribution in [2.24, 2.45) is 0 Å². The van der Waals surface area contributed by atoms with Gasteiger partial charge in [0.1, 0.15) is 11.4 Å². The number of piperidine rings is 1. The molecule has 104 valence electrons. The molecule has 0 bridgehead atoms. The van der Waals surface area contributed by atoms with Crippen LogP contribution in [-0.2, 0) is 0 Å². The molecular formula is C16H24N2O. The normalized spacial score (nSPS) is 31.0. The third kappa shape index (κ3) is 2.37. The van der Waals surface area contributed by atoms with E-state index in [1.807, 2.05) is 0 Å². The summed E-state index contributed by atoms with van der Waals surface area (Å²) in [7, 11) is 4.26. The standard InChI is InChI=1S/C16H24N2O/c1-12-5-6-15-13(9-12)14(17-2)10-16(19-15)7-4-8-18(3)11-16/h5-6,9,14,17H,4,7-8,10-11H2,1-3H3. The number of nitrogens with zero attached hydrogens (tertiary/aromatic N) is 1. The molecule has 1 spiro atoms. The van der Waals surface area contributed by atoms with Gasteiger partial charge in [0.2, 0.25) is 0 Å². The molecule has 1 aromatic rings. The summed E-state index contributed by atoms with van der Waals surface area (Å²) in [5.41, 5.74) is 2.63. The fraction of sp³-hybridized carbons (Fsp3) is 0.625. The van der Waals surface area contributed by atoms with Crippen molar-refractivity contribution < 1.29 is 4.74 Å². The first-order chi connectivity index (χ1) is 9.12. The zero-order valence-corrected chi connectivity index (χ0v) is 12.2. The first-order valence-corrected chi connectivity index (χ1v) is 7.27. The average molecular weight is 260 g/mol.